The van der Waals surface area contributed by atoms with Gasteiger partial charge in [0.15, 0.2) is 0 Å². The molecule has 2 amide bonds. The second kappa shape index (κ2) is 6.70. The Morgan fingerprint density at radius 3 is 2.56 bits per heavy atom. The third-order valence-corrected chi connectivity index (χ3v) is 2.80. The summed E-state index contributed by atoms with van der Waals surface area (Å²) in [7, 11) is 1.67. The first-order valence-corrected chi connectivity index (χ1v) is 5.78. The third-order valence-electron chi connectivity index (χ3n) is 2.80. The maximum absolute atomic E-state index is 11.7. The van der Waals surface area contributed by atoms with Crippen LogP contribution in [-0.2, 0) is 9.47 Å². The van der Waals surface area contributed by atoms with E-state index >= 15 is 0 Å². The Morgan fingerprint density at radius 1 is 1.44 bits per heavy atom. The predicted octanol–water partition coefficient (Wildman–Crippen LogP) is 0.699. The minimum atomic E-state index is -0.0222. The first-order valence-electron chi connectivity index (χ1n) is 5.78. The zero-order valence-electron chi connectivity index (χ0n) is 10.4. The Kier molecular flexibility index (Phi) is 5.55. The Bertz CT molecular complexity index is 215. The standard InChI is InChI=1S/C11H22N2O3/c1-9(2)10(15-3)8-12-11(14)13-4-6-16-7-5-13/h9-10H,4-8H2,1-3H3,(H,12,14). The molecule has 94 valence electrons. The molecule has 0 bridgehead atoms. The molecule has 5 nitrogen and oxygen atoms in total. The number of rotatable bonds is 4. The zero-order valence-corrected chi connectivity index (χ0v) is 10.4. The molecule has 1 saturated heterocycles. The van der Waals surface area contributed by atoms with E-state index in [4.69, 9.17) is 9.47 Å². The van der Waals surface area contributed by atoms with Gasteiger partial charge in [0.05, 0.1) is 19.3 Å². The summed E-state index contributed by atoms with van der Waals surface area (Å²) >= 11 is 0. The van der Waals surface area contributed by atoms with Gasteiger partial charge >= 0.3 is 6.03 Å². The maximum atomic E-state index is 11.7. The number of carbonyl (C=O) groups excluding carboxylic acids is 1. The average Bonchev–Trinajstić information content (AvgIpc) is 2.30. The first-order chi connectivity index (χ1) is 7.65. The Morgan fingerprint density at radius 2 is 2.06 bits per heavy atom. The van der Waals surface area contributed by atoms with Gasteiger partial charge in [-0.25, -0.2) is 4.79 Å². The molecule has 0 aromatic heterocycles. The number of urea groups is 1. The number of amides is 2. The fourth-order valence-electron chi connectivity index (χ4n) is 1.66. The van der Waals surface area contributed by atoms with Gasteiger partial charge in [0.2, 0.25) is 0 Å². The van der Waals surface area contributed by atoms with Crippen molar-refractivity contribution in [1.29, 1.82) is 0 Å². The van der Waals surface area contributed by atoms with E-state index in [1.165, 1.54) is 0 Å². The second-order valence-electron chi connectivity index (χ2n) is 4.30. The van der Waals surface area contributed by atoms with Crippen LogP contribution in [-0.4, -0.2) is 57.0 Å². The monoisotopic (exact) mass is 230 g/mol. The van der Waals surface area contributed by atoms with Crippen LogP contribution in [0, 0.1) is 5.92 Å². The topological polar surface area (TPSA) is 50.8 Å². The van der Waals surface area contributed by atoms with E-state index < -0.39 is 0 Å². The fraction of sp³-hybridized carbons (Fsp3) is 0.909. The number of nitrogens with one attached hydrogen (secondary N) is 1. The van der Waals surface area contributed by atoms with Gasteiger partial charge in [-0.2, -0.15) is 0 Å². The number of carbonyl (C=O) groups is 1. The number of nitrogens with zero attached hydrogens (tertiary/aromatic N) is 1. The van der Waals surface area contributed by atoms with Crippen LogP contribution in [0.2, 0.25) is 0 Å². The van der Waals surface area contributed by atoms with Crippen LogP contribution in [0.4, 0.5) is 4.79 Å². The molecule has 0 saturated carbocycles. The molecular weight excluding hydrogens is 208 g/mol. The fourth-order valence-corrected chi connectivity index (χ4v) is 1.66. The highest BCUT2D eigenvalue weighted by Gasteiger charge is 2.18. The van der Waals surface area contributed by atoms with E-state index in [1.54, 1.807) is 12.0 Å². The second-order valence-corrected chi connectivity index (χ2v) is 4.30. The molecule has 16 heavy (non-hydrogen) atoms. The Balaban J connectivity index is 2.27. The van der Waals surface area contributed by atoms with Crippen molar-refractivity contribution < 1.29 is 14.3 Å². The predicted molar refractivity (Wildman–Crippen MR) is 61.4 cm³/mol. The number of ether oxygens (including phenoxy) is 2. The molecule has 1 unspecified atom stereocenters. The van der Waals surface area contributed by atoms with E-state index in [1.807, 2.05) is 0 Å². The van der Waals surface area contributed by atoms with Crippen molar-refractivity contribution >= 4 is 6.03 Å². The van der Waals surface area contributed by atoms with Gasteiger partial charge in [0.1, 0.15) is 0 Å². The highest BCUT2D eigenvalue weighted by Crippen LogP contribution is 2.04. The molecule has 5 heteroatoms. The van der Waals surface area contributed by atoms with Crippen molar-refractivity contribution in [2.45, 2.75) is 20.0 Å². The normalized spacial score (nSPS) is 18.6. The molecule has 0 spiro atoms. The lowest BCUT2D eigenvalue weighted by Gasteiger charge is -2.28. The summed E-state index contributed by atoms with van der Waals surface area (Å²) in [5, 5.41) is 2.89. The van der Waals surface area contributed by atoms with Crippen molar-refractivity contribution in [3.05, 3.63) is 0 Å². The van der Waals surface area contributed by atoms with Crippen molar-refractivity contribution in [2.75, 3.05) is 40.0 Å². The summed E-state index contributed by atoms with van der Waals surface area (Å²) in [6.45, 7) is 7.32. The lowest BCUT2D eigenvalue weighted by atomic mass is 10.1. The summed E-state index contributed by atoms with van der Waals surface area (Å²) in [6.07, 6.45) is 0.0741. The van der Waals surface area contributed by atoms with E-state index in [2.05, 4.69) is 19.2 Å². The summed E-state index contributed by atoms with van der Waals surface area (Å²) in [4.78, 5) is 13.5. The summed E-state index contributed by atoms with van der Waals surface area (Å²) in [6, 6.07) is -0.0222. The number of hydrogen-bond donors (Lipinski definition) is 1. The van der Waals surface area contributed by atoms with Gasteiger partial charge in [-0.1, -0.05) is 13.8 Å². The van der Waals surface area contributed by atoms with Crippen LogP contribution in [0.1, 0.15) is 13.8 Å². The molecular formula is C11H22N2O3. The number of morpholine rings is 1. The largest absolute Gasteiger partial charge is 0.379 e. The van der Waals surface area contributed by atoms with E-state index in [9.17, 15) is 4.79 Å². The molecule has 1 atom stereocenters. The lowest BCUT2D eigenvalue weighted by molar-refractivity contribution is 0.0465. The van der Waals surface area contributed by atoms with Crippen LogP contribution in [0.25, 0.3) is 0 Å². The van der Waals surface area contributed by atoms with Gasteiger partial charge in [-0.15, -0.1) is 0 Å². The lowest BCUT2D eigenvalue weighted by Crippen LogP contribution is -2.48. The maximum Gasteiger partial charge on any atom is 0.317 e. The van der Waals surface area contributed by atoms with Crippen molar-refractivity contribution in [2.24, 2.45) is 5.92 Å². The van der Waals surface area contributed by atoms with Crippen LogP contribution in [0.3, 0.4) is 0 Å². The Hall–Kier alpha value is -0.810. The molecule has 1 fully saturated rings. The van der Waals surface area contributed by atoms with Crippen LogP contribution in [0.5, 0.6) is 0 Å². The van der Waals surface area contributed by atoms with Crippen molar-refractivity contribution in [3.8, 4) is 0 Å². The number of methoxy groups -OCH3 is 1. The number of hydrogen-bond acceptors (Lipinski definition) is 3. The molecule has 0 aromatic carbocycles. The molecule has 0 aromatic rings. The molecule has 1 heterocycles. The van der Waals surface area contributed by atoms with E-state index in [0.717, 1.165) is 0 Å². The summed E-state index contributed by atoms with van der Waals surface area (Å²) in [5.41, 5.74) is 0. The average molecular weight is 230 g/mol. The smallest absolute Gasteiger partial charge is 0.317 e. The van der Waals surface area contributed by atoms with E-state index in [0.29, 0.717) is 38.8 Å². The quantitative estimate of drug-likeness (QED) is 0.773. The van der Waals surface area contributed by atoms with Gasteiger partial charge < -0.3 is 19.7 Å². The van der Waals surface area contributed by atoms with Gasteiger partial charge in [0.25, 0.3) is 0 Å². The first kappa shape index (κ1) is 13.3. The SMILES string of the molecule is COC(CNC(=O)N1CCOCC1)C(C)C. The highest BCUT2D eigenvalue weighted by molar-refractivity contribution is 5.74. The zero-order chi connectivity index (χ0) is 12.0. The van der Waals surface area contributed by atoms with Crippen LogP contribution in [0.15, 0.2) is 0 Å². The molecule has 1 aliphatic heterocycles. The molecule has 1 aliphatic rings. The third kappa shape index (κ3) is 3.98. The molecule has 1 rings (SSSR count). The molecule has 0 radical (unpaired) electrons. The van der Waals surface area contributed by atoms with Gasteiger partial charge in [0, 0.05) is 26.7 Å². The minimum Gasteiger partial charge on any atom is -0.379 e. The summed E-state index contributed by atoms with van der Waals surface area (Å²) in [5.74, 6) is 0.398. The van der Waals surface area contributed by atoms with Gasteiger partial charge in [-0.3, -0.25) is 0 Å². The molecule has 1 N–H and O–H groups in total. The molecule has 0 aliphatic carbocycles. The van der Waals surface area contributed by atoms with Crippen LogP contribution < -0.4 is 5.32 Å². The van der Waals surface area contributed by atoms with Gasteiger partial charge in [-0.05, 0) is 5.92 Å². The van der Waals surface area contributed by atoms with Crippen LogP contribution >= 0.6 is 0 Å². The summed E-state index contributed by atoms with van der Waals surface area (Å²) < 4.78 is 10.5. The highest BCUT2D eigenvalue weighted by atomic mass is 16.5. The van der Waals surface area contributed by atoms with Crippen molar-refractivity contribution in [1.82, 2.24) is 10.2 Å². The minimum absolute atomic E-state index is 0.0222. The van der Waals surface area contributed by atoms with Crippen molar-refractivity contribution in [3.63, 3.8) is 0 Å². The Labute approximate surface area is 97.1 Å². The van der Waals surface area contributed by atoms with E-state index in [-0.39, 0.29) is 12.1 Å².